The van der Waals surface area contributed by atoms with Gasteiger partial charge in [0.1, 0.15) is 5.75 Å². The Kier molecular flexibility index (Phi) is 5.91. The summed E-state index contributed by atoms with van der Waals surface area (Å²) in [6.07, 6.45) is 6.80. The number of thiazole rings is 1. The lowest BCUT2D eigenvalue weighted by Gasteiger charge is -2.04. The number of benzene rings is 1. The topological polar surface area (TPSA) is 51.2 Å². The minimum atomic E-state index is -0.199. The number of methoxy groups -OCH3 is 1. The Morgan fingerprint density at radius 2 is 2.23 bits per heavy atom. The number of hydrogen-bond donors (Lipinski definition) is 1. The minimum absolute atomic E-state index is 0.199. The fraction of sp³-hybridized carbons (Fsp3) is 0.125. The summed E-state index contributed by atoms with van der Waals surface area (Å²) in [5.41, 5.74) is 1.76. The summed E-state index contributed by atoms with van der Waals surface area (Å²) >= 11 is 4.84. The van der Waals surface area contributed by atoms with Crippen molar-refractivity contribution in [3.05, 3.63) is 52.4 Å². The molecule has 0 aliphatic rings. The van der Waals surface area contributed by atoms with Crippen LogP contribution < -0.4 is 10.1 Å². The molecule has 1 aromatic heterocycles. The molecule has 6 heteroatoms. The summed E-state index contributed by atoms with van der Waals surface area (Å²) in [4.78, 5) is 16.1. The highest BCUT2D eigenvalue weighted by molar-refractivity contribution is 9.10. The summed E-state index contributed by atoms with van der Waals surface area (Å²) in [6.45, 7) is 1.89. The number of rotatable bonds is 5. The Morgan fingerprint density at radius 3 is 2.91 bits per heavy atom. The second kappa shape index (κ2) is 7.91. The standard InChI is InChI=1S/C16H15BrN2O2S/c1-3-4-5-6-15(20)19-16-18-13(10-22-16)11-7-8-14(21-2)12(17)9-11/h3-10H,1-2H3,(H,18,19,20). The molecule has 22 heavy (non-hydrogen) atoms. The Bertz CT molecular complexity index is 723. The van der Waals surface area contributed by atoms with Crippen molar-refractivity contribution in [3.8, 4) is 17.0 Å². The van der Waals surface area contributed by atoms with Crippen molar-refractivity contribution >= 4 is 38.3 Å². The van der Waals surface area contributed by atoms with Crippen molar-refractivity contribution in [1.29, 1.82) is 0 Å². The average molecular weight is 379 g/mol. The van der Waals surface area contributed by atoms with Crippen LogP contribution >= 0.6 is 27.3 Å². The summed E-state index contributed by atoms with van der Waals surface area (Å²) < 4.78 is 6.07. The lowest BCUT2D eigenvalue weighted by atomic mass is 10.2. The van der Waals surface area contributed by atoms with E-state index >= 15 is 0 Å². The van der Waals surface area contributed by atoms with Crippen molar-refractivity contribution in [2.45, 2.75) is 6.92 Å². The number of anilines is 1. The first-order valence-corrected chi connectivity index (χ1v) is 8.21. The van der Waals surface area contributed by atoms with E-state index in [0.29, 0.717) is 5.13 Å². The molecule has 0 fully saturated rings. The third-order valence-corrected chi connectivity index (χ3v) is 4.11. The Labute approximate surface area is 141 Å². The van der Waals surface area contributed by atoms with Gasteiger partial charge in [-0.15, -0.1) is 11.3 Å². The van der Waals surface area contributed by atoms with Gasteiger partial charge in [0.25, 0.3) is 0 Å². The van der Waals surface area contributed by atoms with Gasteiger partial charge in [-0.1, -0.05) is 18.2 Å². The van der Waals surface area contributed by atoms with Gasteiger partial charge in [0.15, 0.2) is 5.13 Å². The summed E-state index contributed by atoms with van der Waals surface area (Å²) in [6, 6.07) is 5.73. The van der Waals surface area contributed by atoms with Crippen LogP contribution in [-0.2, 0) is 4.79 Å². The van der Waals surface area contributed by atoms with Gasteiger partial charge in [0.05, 0.1) is 17.3 Å². The predicted molar refractivity (Wildman–Crippen MR) is 94.4 cm³/mol. The van der Waals surface area contributed by atoms with Gasteiger partial charge in [-0.2, -0.15) is 0 Å². The molecule has 0 aliphatic carbocycles. The summed E-state index contributed by atoms with van der Waals surface area (Å²) in [5.74, 6) is 0.566. The normalized spacial score (nSPS) is 11.2. The summed E-state index contributed by atoms with van der Waals surface area (Å²) in [5, 5.41) is 5.21. The highest BCUT2D eigenvalue weighted by Crippen LogP contribution is 2.31. The van der Waals surface area contributed by atoms with E-state index in [4.69, 9.17) is 4.74 Å². The van der Waals surface area contributed by atoms with E-state index < -0.39 is 0 Å². The van der Waals surface area contributed by atoms with E-state index in [1.807, 2.05) is 36.6 Å². The fourth-order valence-electron chi connectivity index (χ4n) is 1.69. The maximum atomic E-state index is 11.7. The molecule has 2 aromatic rings. The minimum Gasteiger partial charge on any atom is -0.496 e. The Hall–Kier alpha value is -1.92. The number of ether oxygens (including phenoxy) is 1. The van der Waals surface area contributed by atoms with Gasteiger partial charge in [0.2, 0.25) is 5.91 Å². The monoisotopic (exact) mass is 378 g/mol. The number of nitrogens with one attached hydrogen (secondary N) is 1. The number of aromatic nitrogens is 1. The molecule has 1 amide bonds. The van der Waals surface area contributed by atoms with Crippen LogP contribution in [0.2, 0.25) is 0 Å². The second-order valence-corrected chi connectivity index (χ2v) is 5.97. The zero-order valence-electron chi connectivity index (χ0n) is 12.2. The largest absolute Gasteiger partial charge is 0.496 e. The van der Waals surface area contributed by atoms with Gasteiger partial charge >= 0.3 is 0 Å². The first-order valence-electron chi connectivity index (χ1n) is 6.54. The molecule has 0 spiro atoms. The average Bonchev–Trinajstić information content (AvgIpc) is 2.96. The lowest BCUT2D eigenvalue weighted by Crippen LogP contribution is -2.07. The molecule has 0 radical (unpaired) electrons. The number of nitrogens with zero attached hydrogens (tertiary/aromatic N) is 1. The van der Waals surface area contributed by atoms with Gasteiger partial charge < -0.3 is 4.74 Å². The third-order valence-electron chi connectivity index (χ3n) is 2.73. The van der Waals surface area contributed by atoms with Crippen LogP contribution in [0.1, 0.15) is 6.92 Å². The second-order valence-electron chi connectivity index (χ2n) is 4.26. The van der Waals surface area contributed by atoms with Crippen molar-refractivity contribution in [1.82, 2.24) is 4.98 Å². The van der Waals surface area contributed by atoms with E-state index in [-0.39, 0.29) is 5.91 Å². The number of halogens is 1. The molecule has 1 N–H and O–H groups in total. The number of carbonyl (C=O) groups is 1. The van der Waals surface area contributed by atoms with Crippen molar-refractivity contribution in [3.63, 3.8) is 0 Å². The molecule has 1 aromatic carbocycles. The first kappa shape index (κ1) is 16.5. The summed E-state index contributed by atoms with van der Waals surface area (Å²) in [7, 11) is 1.62. The zero-order valence-corrected chi connectivity index (χ0v) is 14.6. The molecule has 2 rings (SSSR count). The number of allylic oxidation sites excluding steroid dienone is 3. The molecule has 0 saturated carbocycles. The van der Waals surface area contributed by atoms with Crippen LogP contribution in [0.4, 0.5) is 5.13 Å². The van der Waals surface area contributed by atoms with E-state index in [0.717, 1.165) is 21.5 Å². The van der Waals surface area contributed by atoms with E-state index in [9.17, 15) is 4.79 Å². The van der Waals surface area contributed by atoms with Crippen molar-refractivity contribution in [2.24, 2.45) is 0 Å². The predicted octanol–water partition coefficient (Wildman–Crippen LogP) is 4.65. The molecule has 4 nitrogen and oxygen atoms in total. The number of carbonyl (C=O) groups excluding carboxylic acids is 1. The van der Waals surface area contributed by atoms with Gasteiger partial charge in [-0.3, -0.25) is 10.1 Å². The Morgan fingerprint density at radius 1 is 1.41 bits per heavy atom. The maximum absolute atomic E-state index is 11.7. The van der Waals surface area contributed by atoms with Crippen LogP contribution in [0.25, 0.3) is 11.3 Å². The van der Waals surface area contributed by atoms with Crippen LogP contribution in [0.15, 0.2) is 52.4 Å². The smallest absolute Gasteiger partial charge is 0.250 e. The molecular weight excluding hydrogens is 364 g/mol. The van der Waals surface area contributed by atoms with Gasteiger partial charge in [-0.25, -0.2) is 4.98 Å². The SMILES string of the molecule is CC=CC=CC(=O)Nc1nc(-c2ccc(OC)c(Br)c2)cs1. The highest BCUT2D eigenvalue weighted by Gasteiger charge is 2.08. The first-order chi connectivity index (χ1) is 10.6. The molecule has 0 unspecified atom stereocenters. The zero-order chi connectivity index (χ0) is 15.9. The third kappa shape index (κ3) is 4.29. The van der Waals surface area contributed by atoms with Crippen LogP contribution in [-0.4, -0.2) is 18.0 Å². The maximum Gasteiger partial charge on any atom is 0.250 e. The van der Waals surface area contributed by atoms with Crippen LogP contribution in [0.3, 0.4) is 0 Å². The molecule has 0 saturated heterocycles. The van der Waals surface area contributed by atoms with Crippen molar-refractivity contribution in [2.75, 3.05) is 12.4 Å². The van der Waals surface area contributed by atoms with E-state index in [1.165, 1.54) is 17.4 Å². The fourth-order valence-corrected chi connectivity index (χ4v) is 2.95. The van der Waals surface area contributed by atoms with Gasteiger partial charge in [-0.05, 0) is 41.1 Å². The van der Waals surface area contributed by atoms with Crippen LogP contribution in [0, 0.1) is 0 Å². The molecule has 0 atom stereocenters. The quantitative estimate of drug-likeness (QED) is 0.608. The molecule has 1 heterocycles. The van der Waals surface area contributed by atoms with E-state index in [2.05, 4.69) is 26.2 Å². The Balaban J connectivity index is 2.11. The van der Waals surface area contributed by atoms with E-state index in [1.54, 1.807) is 19.3 Å². The molecule has 0 bridgehead atoms. The van der Waals surface area contributed by atoms with Crippen LogP contribution in [0.5, 0.6) is 5.75 Å². The van der Waals surface area contributed by atoms with Crippen molar-refractivity contribution < 1.29 is 9.53 Å². The molecule has 0 aliphatic heterocycles. The van der Waals surface area contributed by atoms with Gasteiger partial charge in [0, 0.05) is 17.0 Å². The molecular formula is C16H15BrN2O2S. The number of hydrogen-bond acceptors (Lipinski definition) is 4. The number of amides is 1. The molecule has 114 valence electrons. The lowest BCUT2D eigenvalue weighted by molar-refractivity contribution is -0.111. The highest BCUT2D eigenvalue weighted by atomic mass is 79.9.